The number of aryl methyl sites for hydroxylation is 1. The predicted molar refractivity (Wildman–Crippen MR) is 65.4 cm³/mol. The number of halogens is 1. The van der Waals surface area contributed by atoms with Crippen molar-refractivity contribution in [2.45, 2.75) is 13.8 Å². The fraction of sp³-hybridized carbons (Fsp3) is 0.364. The van der Waals surface area contributed by atoms with E-state index in [4.69, 9.17) is 4.74 Å². The lowest BCUT2D eigenvalue weighted by Gasteiger charge is -2.14. The Morgan fingerprint density at radius 2 is 2.19 bits per heavy atom. The van der Waals surface area contributed by atoms with Crippen LogP contribution in [-0.4, -0.2) is 23.6 Å². The molecule has 0 spiro atoms. The highest BCUT2D eigenvalue weighted by molar-refractivity contribution is 9.09. The van der Waals surface area contributed by atoms with Gasteiger partial charge < -0.3 is 15.2 Å². The molecule has 0 aliphatic heterocycles. The van der Waals surface area contributed by atoms with Gasteiger partial charge in [-0.05, 0) is 41.4 Å². The average molecular weight is 288 g/mol. The molecule has 0 bridgehead atoms. The second-order valence-corrected chi connectivity index (χ2v) is 3.83. The molecular weight excluding hydrogens is 274 g/mol. The normalized spacial score (nSPS) is 10.0. The lowest BCUT2D eigenvalue weighted by Crippen LogP contribution is -2.20. The molecule has 5 heteroatoms. The van der Waals surface area contributed by atoms with Gasteiger partial charge in [-0.3, -0.25) is 4.79 Å². The molecule has 0 saturated carbocycles. The minimum Gasteiger partial charge on any atom is -0.504 e. The van der Waals surface area contributed by atoms with Crippen molar-refractivity contribution in [2.75, 3.05) is 12.6 Å². The maximum absolute atomic E-state index is 11.7. The van der Waals surface area contributed by atoms with E-state index in [1.807, 2.05) is 0 Å². The molecule has 88 valence electrons. The number of hydrogen-bond acceptors (Lipinski definition) is 3. The second kappa shape index (κ2) is 5.21. The number of rotatable bonds is 3. The zero-order valence-electron chi connectivity index (χ0n) is 9.43. The quantitative estimate of drug-likeness (QED) is 0.837. The predicted octanol–water partition coefficient (Wildman–Crippen LogP) is 2.10. The number of ether oxygens (including phenoxy) is 1. The number of hydrogen-bond donors (Lipinski definition) is 2. The Morgan fingerprint density at radius 1 is 1.56 bits per heavy atom. The summed E-state index contributed by atoms with van der Waals surface area (Å²) in [5, 5.41) is 12.3. The molecule has 0 heterocycles. The second-order valence-electron chi connectivity index (χ2n) is 3.37. The Hall–Kier alpha value is -1.23. The van der Waals surface area contributed by atoms with Crippen LogP contribution in [0.3, 0.4) is 0 Å². The number of aromatic hydroxyl groups is 1. The van der Waals surface area contributed by atoms with E-state index in [9.17, 15) is 9.90 Å². The van der Waals surface area contributed by atoms with E-state index in [2.05, 4.69) is 21.2 Å². The minimum atomic E-state index is -0.186. The molecular formula is C11H14BrNO3. The van der Waals surface area contributed by atoms with Gasteiger partial charge in [0.05, 0.1) is 0 Å². The molecule has 4 nitrogen and oxygen atoms in total. The number of benzene rings is 1. The molecule has 1 amide bonds. The number of phenols is 1. The Balaban J connectivity index is 3.38. The summed E-state index contributed by atoms with van der Waals surface area (Å²) >= 11 is 3.12. The smallest absolute Gasteiger partial charge is 0.251 e. The molecule has 0 unspecified atom stereocenters. The molecule has 0 saturated heterocycles. The van der Waals surface area contributed by atoms with Crippen LogP contribution >= 0.6 is 15.9 Å². The molecule has 1 rings (SSSR count). The molecule has 0 aromatic heterocycles. The summed E-state index contributed by atoms with van der Waals surface area (Å²) in [5.41, 5.74) is 2.15. The first-order chi connectivity index (χ1) is 7.52. The van der Waals surface area contributed by atoms with Crippen molar-refractivity contribution < 1.29 is 14.6 Å². The standard InChI is InChI=1S/C11H14BrNO3/c1-6-4-8(14)10(16-5-12)7(2)9(6)11(15)13-3/h4,14H,5H2,1-3H3,(H,13,15). The summed E-state index contributed by atoms with van der Waals surface area (Å²) in [4.78, 5) is 11.7. The van der Waals surface area contributed by atoms with Gasteiger partial charge in [0.1, 0.15) is 5.52 Å². The van der Waals surface area contributed by atoms with Gasteiger partial charge in [-0.15, -0.1) is 0 Å². The molecule has 0 fully saturated rings. The SMILES string of the molecule is CNC(=O)c1c(C)cc(O)c(OCBr)c1C. The van der Waals surface area contributed by atoms with Gasteiger partial charge >= 0.3 is 0 Å². The van der Waals surface area contributed by atoms with Crippen LogP contribution in [0, 0.1) is 13.8 Å². The van der Waals surface area contributed by atoms with Crippen LogP contribution in [0.4, 0.5) is 0 Å². The Kier molecular flexibility index (Phi) is 4.18. The highest BCUT2D eigenvalue weighted by atomic mass is 79.9. The van der Waals surface area contributed by atoms with Crippen LogP contribution in [0.2, 0.25) is 0 Å². The van der Waals surface area contributed by atoms with Gasteiger partial charge in [0, 0.05) is 18.2 Å². The molecule has 1 aromatic carbocycles. The number of amides is 1. The van der Waals surface area contributed by atoms with Gasteiger partial charge in [-0.2, -0.15) is 0 Å². The summed E-state index contributed by atoms with van der Waals surface area (Å²) < 4.78 is 5.24. The lowest BCUT2D eigenvalue weighted by molar-refractivity contribution is 0.0961. The van der Waals surface area contributed by atoms with Gasteiger partial charge in [-0.25, -0.2) is 0 Å². The summed E-state index contributed by atoms with van der Waals surface area (Å²) in [7, 11) is 1.57. The fourth-order valence-corrected chi connectivity index (χ4v) is 1.88. The van der Waals surface area contributed by atoms with Crippen LogP contribution in [0.25, 0.3) is 0 Å². The van der Waals surface area contributed by atoms with Crippen molar-refractivity contribution in [3.05, 3.63) is 22.8 Å². The molecule has 0 atom stereocenters. The molecule has 1 aromatic rings. The van der Waals surface area contributed by atoms with Gasteiger partial charge in [0.15, 0.2) is 11.5 Å². The first-order valence-corrected chi connectivity index (χ1v) is 5.89. The topological polar surface area (TPSA) is 58.6 Å². The zero-order chi connectivity index (χ0) is 12.3. The Morgan fingerprint density at radius 3 is 2.69 bits per heavy atom. The van der Waals surface area contributed by atoms with E-state index in [0.29, 0.717) is 16.9 Å². The first-order valence-electron chi connectivity index (χ1n) is 4.77. The van der Waals surface area contributed by atoms with E-state index in [-0.39, 0.29) is 17.2 Å². The number of phenolic OH excluding ortho intramolecular Hbond substituents is 1. The third-order valence-corrected chi connectivity index (χ3v) is 2.58. The minimum absolute atomic E-state index is 0.0436. The van der Waals surface area contributed by atoms with Crippen molar-refractivity contribution in [2.24, 2.45) is 0 Å². The van der Waals surface area contributed by atoms with Crippen LogP contribution in [-0.2, 0) is 0 Å². The number of nitrogens with one attached hydrogen (secondary N) is 1. The Labute approximate surface area is 103 Å². The van der Waals surface area contributed by atoms with Crippen LogP contribution in [0.1, 0.15) is 21.5 Å². The van der Waals surface area contributed by atoms with Gasteiger partial charge in [0.2, 0.25) is 0 Å². The monoisotopic (exact) mass is 287 g/mol. The summed E-state index contributed by atoms with van der Waals surface area (Å²) in [6.45, 7) is 3.52. The number of carbonyl (C=O) groups is 1. The van der Waals surface area contributed by atoms with E-state index < -0.39 is 0 Å². The third-order valence-electron chi connectivity index (χ3n) is 2.35. The molecule has 0 radical (unpaired) electrons. The van der Waals surface area contributed by atoms with Crippen LogP contribution in [0.15, 0.2) is 6.07 Å². The fourth-order valence-electron chi connectivity index (χ4n) is 1.66. The van der Waals surface area contributed by atoms with Gasteiger partial charge in [-0.1, -0.05) is 0 Å². The van der Waals surface area contributed by atoms with Crippen molar-refractivity contribution in [3.63, 3.8) is 0 Å². The first kappa shape index (κ1) is 12.8. The van der Waals surface area contributed by atoms with Crippen molar-refractivity contribution >= 4 is 21.8 Å². The van der Waals surface area contributed by atoms with E-state index in [1.54, 1.807) is 20.9 Å². The summed E-state index contributed by atoms with van der Waals surface area (Å²) in [6.07, 6.45) is 0. The van der Waals surface area contributed by atoms with Crippen molar-refractivity contribution in [1.82, 2.24) is 5.32 Å². The molecule has 2 N–H and O–H groups in total. The highest BCUT2D eigenvalue weighted by Gasteiger charge is 2.18. The number of alkyl halides is 1. The highest BCUT2D eigenvalue weighted by Crippen LogP contribution is 2.34. The molecule has 0 aliphatic rings. The molecule has 16 heavy (non-hydrogen) atoms. The Bertz CT molecular complexity index is 418. The average Bonchev–Trinajstić information content (AvgIpc) is 2.23. The maximum Gasteiger partial charge on any atom is 0.251 e. The third kappa shape index (κ3) is 2.29. The number of carbonyl (C=O) groups excluding carboxylic acids is 1. The van der Waals surface area contributed by atoms with Crippen LogP contribution in [0.5, 0.6) is 11.5 Å². The maximum atomic E-state index is 11.7. The van der Waals surface area contributed by atoms with Crippen molar-refractivity contribution in [3.8, 4) is 11.5 Å². The van der Waals surface area contributed by atoms with Gasteiger partial charge in [0.25, 0.3) is 5.91 Å². The summed E-state index contributed by atoms with van der Waals surface area (Å²) in [6, 6.07) is 1.52. The van der Waals surface area contributed by atoms with Crippen LogP contribution < -0.4 is 10.1 Å². The van der Waals surface area contributed by atoms with E-state index in [1.165, 1.54) is 6.07 Å². The largest absolute Gasteiger partial charge is 0.504 e. The zero-order valence-corrected chi connectivity index (χ0v) is 11.0. The lowest BCUT2D eigenvalue weighted by atomic mass is 10.0. The van der Waals surface area contributed by atoms with Crippen molar-refractivity contribution in [1.29, 1.82) is 0 Å². The molecule has 0 aliphatic carbocycles. The van der Waals surface area contributed by atoms with E-state index >= 15 is 0 Å². The summed E-state index contributed by atoms with van der Waals surface area (Å²) in [5.74, 6) is 0.192. The van der Waals surface area contributed by atoms with E-state index in [0.717, 1.165) is 5.56 Å².